The molecule has 0 unspecified atom stereocenters. The molecule has 2 aliphatic rings. The average Bonchev–Trinajstić information content (AvgIpc) is 2.55. The van der Waals surface area contributed by atoms with Crippen LogP contribution in [0.4, 0.5) is 0 Å². The van der Waals surface area contributed by atoms with E-state index in [2.05, 4.69) is 30.2 Å². The summed E-state index contributed by atoms with van der Waals surface area (Å²) in [6, 6.07) is 0.481. The standard InChI is InChI=1S/C11H19NOSi/c1-14(2,3)8-9-6-7-12-10(9)4-5-11(12)13/h8,10H,4-7H2,1-3H3/b9-8-/t10-/m0/s1. The summed E-state index contributed by atoms with van der Waals surface area (Å²) in [4.78, 5) is 13.6. The van der Waals surface area contributed by atoms with Crippen molar-refractivity contribution >= 4 is 14.0 Å². The molecule has 0 aromatic rings. The highest BCUT2D eigenvalue weighted by molar-refractivity contribution is 6.81. The fraction of sp³-hybridized carbons (Fsp3) is 0.727. The zero-order valence-electron chi connectivity index (χ0n) is 9.34. The first-order valence-corrected chi connectivity index (χ1v) is 9.06. The van der Waals surface area contributed by atoms with E-state index in [1.807, 2.05) is 0 Å². The summed E-state index contributed by atoms with van der Waals surface area (Å²) in [6.07, 6.45) is 2.96. The van der Waals surface area contributed by atoms with E-state index in [4.69, 9.17) is 0 Å². The van der Waals surface area contributed by atoms with E-state index < -0.39 is 8.07 Å². The van der Waals surface area contributed by atoms with Gasteiger partial charge in [0, 0.05) is 13.0 Å². The van der Waals surface area contributed by atoms with Crippen molar-refractivity contribution in [2.75, 3.05) is 6.54 Å². The summed E-state index contributed by atoms with van der Waals surface area (Å²) in [5.41, 5.74) is 4.05. The fourth-order valence-corrected chi connectivity index (χ4v) is 3.99. The van der Waals surface area contributed by atoms with Gasteiger partial charge in [0.05, 0.1) is 14.1 Å². The van der Waals surface area contributed by atoms with Crippen LogP contribution in [0.25, 0.3) is 0 Å². The van der Waals surface area contributed by atoms with Crippen LogP contribution in [0.15, 0.2) is 11.3 Å². The van der Waals surface area contributed by atoms with Crippen LogP contribution in [0.5, 0.6) is 0 Å². The van der Waals surface area contributed by atoms with Gasteiger partial charge in [-0.1, -0.05) is 30.9 Å². The summed E-state index contributed by atoms with van der Waals surface area (Å²) in [5, 5.41) is 0. The number of hydrogen-bond donors (Lipinski definition) is 0. The van der Waals surface area contributed by atoms with Gasteiger partial charge >= 0.3 is 0 Å². The maximum Gasteiger partial charge on any atom is 0.223 e. The number of nitrogens with zero attached hydrogens (tertiary/aromatic N) is 1. The van der Waals surface area contributed by atoms with Crippen LogP contribution in [-0.2, 0) is 4.79 Å². The Bertz CT molecular complexity index is 290. The van der Waals surface area contributed by atoms with Crippen LogP contribution in [0.2, 0.25) is 19.6 Å². The molecule has 2 aliphatic heterocycles. The first-order chi connectivity index (χ1) is 6.47. The average molecular weight is 209 g/mol. The van der Waals surface area contributed by atoms with Crippen molar-refractivity contribution in [2.45, 2.75) is 44.9 Å². The van der Waals surface area contributed by atoms with E-state index in [-0.39, 0.29) is 0 Å². The third-order valence-electron chi connectivity index (χ3n) is 3.02. The second-order valence-corrected chi connectivity index (χ2v) is 10.5. The number of amides is 1. The smallest absolute Gasteiger partial charge is 0.223 e. The third-order valence-corrected chi connectivity index (χ3v) is 4.25. The zero-order chi connectivity index (χ0) is 10.3. The first-order valence-electron chi connectivity index (χ1n) is 5.48. The molecule has 2 fully saturated rings. The van der Waals surface area contributed by atoms with Gasteiger partial charge in [-0.2, -0.15) is 0 Å². The Hall–Kier alpha value is -0.573. The van der Waals surface area contributed by atoms with Crippen LogP contribution >= 0.6 is 0 Å². The van der Waals surface area contributed by atoms with E-state index in [1.165, 1.54) is 0 Å². The van der Waals surface area contributed by atoms with Crippen molar-refractivity contribution in [1.82, 2.24) is 4.90 Å². The minimum absolute atomic E-state index is 0.369. The van der Waals surface area contributed by atoms with Gasteiger partial charge in [-0.3, -0.25) is 4.79 Å². The molecule has 2 saturated heterocycles. The minimum atomic E-state index is -1.10. The summed E-state index contributed by atoms with van der Waals surface area (Å²) in [6.45, 7) is 8.05. The molecule has 1 amide bonds. The van der Waals surface area contributed by atoms with Crippen molar-refractivity contribution < 1.29 is 4.79 Å². The molecule has 0 radical (unpaired) electrons. The monoisotopic (exact) mass is 209 g/mol. The van der Waals surface area contributed by atoms with Gasteiger partial charge in [0.1, 0.15) is 0 Å². The summed E-state index contributed by atoms with van der Waals surface area (Å²) < 4.78 is 0. The van der Waals surface area contributed by atoms with Gasteiger partial charge in [0.15, 0.2) is 0 Å². The molecule has 0 aromatic carbocycles. The fourth-order valence-electron chi connectivity index (χ4n) is 2.54. The van der Waals surface area contributed by atoms with Crippen LogP contribution < -0.4 is 0 Å². The van der Waals surface area contributed by atoms with E-state index >= 15 is 0 Å². The van der Waals surface area contributed by atoms with Crippen molar-refractivity contribution in [3.63, 3.8) is 0 Å². The Morgan fingerprint density at radius 3 is 2.71 bits per heavy atom. The largest absolute Gasteiger partial charge is 0.336 e. The summed E-state index contributed by atoms with van der Waals surface area (Å²) in [5.74, 6) is 0.369. The van der Waals surface area contributed by atoms with Gasteiger partial charge in [-0.05, 0) is 12.8 Å². The van der Waals surface area contributed by atoms with Crippen LogP contribution in [0.1, 0.15) is 19.3 Å². The highest BCUT2D eigenvalue weighted by Gasteiger charge is 2.38. The van der Waals surface area contributed by atoms with Gasteiger partial charge < -0.3 is 4.90 Å². The number of carbonyl (C=O) groups excluding carboxylic acids is 1. The number of rotatable bonds is 1. The van der Waals surface area contributed by atoms with E-state index in [1.54, 1.807) is 5.57 Å². The third kappa shape index (κ3) is 1.78. The van der Waals surface area contributed by atoms with Crippen molar-refractivity contribution in [1.29, 1.82) is 0 Å². The highest BCUT2D eigenvalue weighted by atomic mass is 28.3. The van der Waals surface area contributed by atoms with E-state index in [0.717, 1.165) is 25.8 Å². The SMILES string of the molecule is C[Si](C)(C)/C=C1/CCN2C(=O)CC[C@@H]12. The molecular formula is C11H19NOSi. The number of carbonyl (C=O) groups is 1. The molecule has 14 heavy (non-hydrogen) atoms. The molecule has 0 saturated carbocycles. The molecule has 0 bridgehead atoms. The van der Waals surface area contributed by atoms with E-state index in [9.17, 15) is 4.79 Å². The quantitative estimate of drug-likeness (QED) is 0.606. The number of hydrogen-bond acceptors (Lipinski definition) is 1. The summed E-state index contributed by atoms with van der Waals surface area (Å²) >= 11 is 0. The maximum atomic E-state index is 11.5. The van der Waals surface area contributed by atoms with Crippen molar-refractivity contribution in [3.8, 4) is 0 Å². The Balaban J connectivity index is 2.18. The molecule has 0 aliphatic carbocycles. The molecule has 0 spiro atoms. The molecule has 2 heterocycles. The number of fused-ring (bicyclic) bond motifs is 1. The van der Waals surface area contributed by atoms with Crippen LogP contribution in [0, 0.1) is 0 Å². The lowest BCUT2D eigenvalue weighted by atomic mass is 10.1. The van der Waals surface area contributed by atoms with Gasteiger partial charge in [0.25, 0.3) is 0 Å². The molecule has 2 nitrogen and oxygen atoms in total. The van der Waals surface area contributed by atoms with Gasteiger partial charge in [-0.15, -0.1) is 0 Å². The van der Waals surface area contributed by atoms with Crippen LogP contribution in [-0.4, -0.2) is 31.5 Å². The molecule has 78 valence electrons. The van der Waals surface area contributed by atoms with Gasteiger partial charge in [0.2, 0.25) is 5.91 Å². The second kappa shape index (κ2) is 3.23. The predicted octanol–water partition coefficient (Wildman–Crippen LogP) is 2.18. The topological polar surface area (TPSA) is 20.3 Å². The second-order valence-electron chi connectivity index (χ2n) is 5.48. The highest BCUT2D eigenvalue weighted by Crippen LogP contribution is 2.33. The zero-order valence-corrected chi connectivity index (χ0v) is 10.3. The Morgan fingerprint density at radius 2 is 2.07 bits per heavy atom. The van der Waals surface area contributed by atoms with Crippen molar-refractivity contribution in [3.05, 3.63) is 11.3 Å². The van der Waals surface area contributed by atoms with Crippen LogP contribution in [0.3, 0.4) is 0 Å². The molecular weight excluding hydrogens is 190 g/mol. The Labute approximate surface area is 87.0 Å². The molecule has 0 aromatic heterocycles. The maximum absolute atomic E-state index is 11.5. The molecule has 0 N–H and O–H groups in total. The van der Waals surface area contributed by atoms with Crippen molar-refractivity contribution in [2.24, 2.45) is 0 Å². The lowest BCUT2D eigenvalue weighted by Crippen LogP contribution is -2.28. The first kappa shape index (κ1) is 9.96. The minimum Gasteiger partial charge on any atom is -0.336 e. The Morgan fingerprint density at radius 1 is 1.36 bits per heavy atom. The van der Waals surface area contributed by atoms with Gasteiger partial charge in [-0.25, -0.2) is 0 Å². The molecule has 2 rings (SSSR count). The Kier molecular flexibility index (Phi) is 2.30. The predicted molar refractivity (Wildman–Crippen MR) is 60.8 cm³/mol. The summed E-state index contributed by atoms with van der Waals surface area (Å²) in [7, 11) is -1.10. The normalized spacial score (nSPS) is 30.2. The lowest BCUT2D eigenvalue weighted by molar-refractivity contribution is -0.127. The van der Waals surface area contributed by atoms with E-state index in [0.29, 0.717) is 11.9 Å². The molecule has 3 heteroatoms. The molecule has 1 atom stereocenters. The lowest BCUT2D eigenvalue weighted by Gasteiger charge is -2.17.